The summed E-state index contributed by atoms with van der Waals surface area (Å²) in [5.74, 6) is 0. The fourth-order valence-electron chi connectivity index (χ4n) is 1.88. The Kier molecular flexibility index (Phi) is 3.72. The van der Waals surface area contributed by atoms with Gasteiger partial charge in [-0.2, -0.15) is 0 Å². The quantitative estimate of drug-likeness (QED) is 0.882. The van der Waals surface area contributed by atoms with Crippen molar-refractivity contribution in [1.29, 1.82) is 0 Å². The van der Waals surface area contributed by atoms with E-state index < -0.39 is 9.84 Å². The molecule has 106 valence electrons. The molecule has 20 heavy (non-hydrogen) atoms. The molecule has 2 rings (SSSR count). The van der Waals surface area contributed by atoms with Crippen LogP contribution < -0.4 is 10.6 Å². The standard InChI is InChI=1S/C15H18N2O2S/c1-11-4-7-13(8-5-11)20(18,19)15-10-12(17(2)3)6-9-14(15)16/h4-10H,16H2,1-3H3. The Morgan fingerprint density at radius 3 is 2.15 bits per heavy atom. The number of anilines is 2. The lowest BCUT2D eigenvalue weighted by molar-refractivity contribution is 0.596. The molecule has 0 aliphatic heterocycles. The number of hydrogen-bond acceptors (Lipinski definition) is 4. The zero-order valence-corrected chi connectivity index (χ0v) is 12.6. The highest BCUT2D eigenvalue weighted by Gasteiger charge is 2.21. The minimum atomic E-state index is -3.59. The summed E-state index contributed by atoms with van der Waals surface area (Å²) < 4.78 is 25.3. The normalized spacial score (nSPS) is 11.3. The van der Waals surface area contributed by atoms with Gasteiger partial charge in [-0.1, -0.05) is 17.7 Å². The van der Waals surface area contributed by atoms with Gasteiger partial charge in [0.15, 0.2) is 0 Å². The van der Waals surface area contributed by atoms with E-state index in [1.807, 2.05) is 25.9 Å². The van der Waals surface area contributed by atoms with E-state index in [0.29, 0.717) is 0 Å². The van der Waals surface area contributed by atoms with Crippen molar-refractivity contribution in [3.8, 4) is 0 Å². The van der Waals surface area contributed by atoms with E-state index in [4.69, 9.17) is 5.73 Å². The Morgan fingerprint density at radius 2 is 1.60 bits per heavy atom. The van der Waals surface area contributed by atoms with Gasteiger partial charge in [-0.15, -0.1) is 0 Å². The SMILES string of the molecule is Cc1ccc(S(=O)(=O)c2cc(N(C)C)ccc2N)cc1. The summed E-state index contributed by atoms with van der Waals surface area (Å²) >= 11 is 0. The Balaban J connectivity index is 2.59. The van der Waals surface area contributed by atoms with E-state index in [2.05, 4.69) is 0 Å². The molecule has 0 spiro atoms. The van der Waals surface area contributed by atoms with E-state index in [0.717, 1.165) is 11.3 Å². The Hall–Kier alpha value is -2.01. The molecule has 0 fully saturated rings. The van der Waals surface area contributed by atoms with Crippen LogP contribution in [0.5, 0.6) is 0 Å². The average Bonchev–Trinajstić information content (AvgIpc) is 2.39. The first-order valence-electron chi connectivity index (χ1n) is 6.21. The van der Waals surface area contributed by atoms with Crippen molar-refractivity contribution in [2.45, 2.75) is 16.7 Å². The van der Waals surface area contributed by atoms with E-state index in [9.17, 15) is 8.42 Å². The lowest BCUT2D eigenvalue weighted by atomic mass is 10.2. The van der Waals surface area contributed by atoms with E-state index in [1.54, 1.807) is 42.5 Å². The summed E-state index contributed by atoms with van der Waals surface area (Å²) in [5, 5.41) is 0. The molecule has 2 aromatic carbocycles. The predicted octanol–water partition coefficient (Wildman–Crippen LogP) is 2.48. The lowest BCUT2D eigenvalue weighted by Crippen LogP contribution is -2.11. The minimum Gasteiger partial charge on any atom is -0.398 e. The van der Waals surface area contributed by atoms with E-state index in [1.165, 1.54) is 0 Å². The monoisotopic (exact) mass is 290 g/mol. The molecule has 0 aliphatic rings. The second-order valence-corrected chi connectivity index (χ2v) is 6.85. The van der Waals surface area contributed by atoms with Gasteiger partial charge in [-0.05, 0) is 37.3 Å². The van der Waals surface area contributed by atoms with Gasteiger partial charge < -0.3 is 10.6 Å². The van der Waals surface area contributed by atoms with Crippen LogP contribution in [0.2, 0.25) is 0 Å². The average molecular weight is 290 g/mol. The van der Waals surface area contributed by atoms with E-state index >= 15 is 0 Å². The molecule has 0 unspecified atom stereocenters. The molecule has 5 heteroatoms. The van der Waals surface area contributed by atoms with Gasteiger partial charge in [0.05, 0.1) is 15.5 Å². The molecule has 0 saturated heterocycles. The summed E-state index contributed by atoms with van der Waals surface area (Å²) in [6.07, 6.45) is 0. The van der Waals surface area contributed by atoms with Gasteiger partial charge in [-0.25, -0.2) is 8.42 Å². The second-order valence-electron chi connectivity index (χ2n) is 4.93. The maximum Gasteiger partial charge on any atom is 0.208 e. The Morgan fingerprint density at radius 1 is 1.00 bits per heavy atom. The van der Waals surface area contributed by atoms with Crippen molar-refractivity contribution in [3.63, 3.8) is 0 Å². The molecule has 0 saturated carbocycles. The highest BCUT2D eigenvalue weighted by atomic mass is 32.2. The number of benzene rings is 2. The molecule has 0 aliphatic carbocycles. The molecule has 0 heterocycles. The largest absolute Gasteiger partial charge is 0.398 e. The second kappa shape index (κ2) is 5.17. The topological polar surface area (TPSA) is 63.4 Å². The molecule has 4 nitrogen and oxygen atoms in total. The summed E-state index contributed by atoms with van der Waals surface area (Å²) in [7, 11) is 0.116. The summed E-state index contributed by atoms with van der Waals surface area (Å²) in [6, 6.07) is 11.8. The summed E-state index contributed by atoms with van der Waals surface area (Å²) in [4.78, 5) is 2.24. The van der Waals surface area contributed by atoms with Gasteiger partial charge in [-0.3, -0.25) is 0 Å². The van der Waals surface area contributed by atoms with Crippen molar-refractivity contribution < 1.29 is 8.42 Å². The third-order valence-corrected chi connectivity index (χ3v) is 4.96. The fraction of sp³-hybridized carbons (Fsp3) is 0.200. The Labute approximate surface area is 119 Å². The molecular weight excluding hydrogens is 272 g/mol. The van der Waals surface area contributed by atoms with Crippen molar-refractivity contribution in [2.75, 3.05) is 24.7 Å². The number of nitrogens with two attached hydrogens (primary N) is 1. The van der Waals surface area contributed by atoms with E-state index in [-0.39, 0.29) is 15.5 Å². The van der Waals surface area contributed by atoms with Crippen LogP contribution in [0.25, 0.3) is 0 Å². The minimum absolute atomic E-state index is 0.146. The van der Waals surface area contributed by atoms with Crippen molar-refractivity contribution in [1.82, 2.24) is 0 Å². The first-order valence-corrected chi connectivity index (χ1v) is 7.69. The fourth-order valence-corrected chi connectivity index (χ4v) is 3.28. The van der Waals surface area contributed by atoms with Crippen LogP contribution in [0.4, 0.5) is 11.4 Å². The highest BCUT2D eigenvalue weighted by Crippen LogP contribution is 2.29. The molecule has 0 amide bonds. The van der Waals surface area contributed by atoms with Crippen LogP contribution >= 0.6 is 0 Å². The zero-order chi connectivity index (χ0) is 14.9. The third-order valence-electron chi connectivity index (χ3n) is 3.13. The van der Waals surface area contributed by atoms with Gasteiger partial charge in [0.2, 0.25) is 9.84 Å². The smallest absolute Gasteiger partial charge is 0.208 e. The maximum absolute atomic E-state index is 12.6. The molecule has 0 bridgehead atoms. The highest BCUT2D eigenvalue weighted by molar-refractivity contribution is 7.91. The Bertz CT molecular complexity index is 720. The van der Waals surface area contributed by atoms with Crippen molar-refractivity contribution in [2.24, 2.45) is 0 Å². The molecule has 0 radical (unpaired) electrons. The van der Waals surface area contributed by atoms with Gasteiger partial charge in [0.1, 0.15) is 0 Å². The number of aryl methyl sites for hydroxylation is 1. The van der Waals surface area contributed by atoms with Crippen LogP contribution in [0.15, 0.2) is 52.3 Å². The molecule has 2 N–H and O–H groups in total. The molecular formula is C15H18N2O2S. The summed E-state index contributed by atoms with van der Waals surface area (Å²) in [6.45, 7) is 1.91. The number of nitrogen functional groups attached to an aromatic ring is 1. The van der Waals surface area contributed by atoms with Crippen molar-refractivity contribution in [3.05, 3.63) is 48.0 Å². The van der Waals surface area contributed by atoms with Crippen molar-refractivity contribution >= 4 is 21.2 Å². The van der Waals surface area contributed by atoms with Crippen LogP contribution in [0, 0.1) is 6.92 Å². The molecule has 0 aromatic heterocycles. The van der Waals surface area contributed by atoms with Gasteiger partial charge >= 0.3 is 0 Å². The first-order chi connectivity index (χ1) is 9.32. The van der Waals surface area contributed by atoms with Crippen LogP contribution in [-0.2, 0) is 9.84 Å². The lowest BCUT2D eigenvalue weighted by Gasteiger charge is -2.15. The number of nitrogens with zero attached hydrogens (tertiary/aromatic N) is 1. The van der Waals surface area contributed by atoms with Crippen LogP contribution in [0.3, 0.4) is 0 Å². The number of hydrogen-bond donors (Lipinski definition) is 1. The molecule has 2 aromatic rings. The first kappa shape index (κ1) is 14.4. The summed E-state index contributed by atoms with van der Waals surface area (Å²) in [5.41, 5.74) is 7.91. The number of rotatable bonds is 3. The molecule has 0 atom stereocenters. The number of sulfone groups is 1. The predicted molar refractivity (Wildman–Crippen MR) is 81.8 cm³/mol. The van der Waals surface area contributed by atoms with Crippen LogP contribution in [-0.4, -0.2) is 22.5 Å². The van der Waals surface area contributed by atoms with Gasteiger partial charge in [0.25, 0.3) is 0 Å². The van der Waals surface area contributed by atoms with Gasteiger partial charge in [0, 0.05) is 19.8 Å². The third kappa shape index (κ3) is 2.63. The van der Waals surface area contributed by atoms with Crippen LogP contribution in [0.1, 0.15) is 5.56 Å². The zero-order valence-electron chi connectivity index (χ0n) is 11.8. The maximum atomic E-state index is 12.6.